The molecule has 0 saturated heterocycles. The molecule has 0 aliphatic carbocycles. The minimum atomic E-state index is -0.483. The number of ether oxygens (including phenoxy) is 4. The van der Waals surface area contributed by atoms with Gasteiger partial charge in [-0.2, -0.15) is 0 Å². The number of alkyl carbamates (subject to hydrolysis) is 2. The van der Waals surface area contributed by atoms with Crippen molar-refractivity contribution < 1.29 is 38.1 Å². The van der Waals surface area contributed by atoms with Crippen LogP contribution >= 0.6 is 0 Å². The molecule has 306 valence electrons. The van der Waals surface area contributed by atoms with Crippen LogP contribution in [0.2, 0.25) is 0 Å². The standard InChI is InChI=1S/C40H78N4O8/c1-7-13-15-17-19-21-23-35(9-3)51-39(47)41-27-33-49-37(45)25-29-44(32-31-43(11-5)12-6)30-26-38(46)50-34-28-42-40(48)52-36(10-4)24-22-20-18-16-14-8-2/h35-36H,7-34H2,1-6H3,(H,41,47)(H,42,48). The number of carbonyl (C=O) groups is 4. The summed E-state index contributed by atoms with van der Waals surface area (Å²) < 4.78 is 21.8. The minimum Gasteiger partial charge on any atom is -0.464 e. The highest BCUT2D eigenvalue weighted by molar-refractivity contribution is 5.71. The summed E-state index contributed by atoms with van der Waals surface area (Å²) in [5.74, 6) is -0.731. The lowest BCUT2D eigenvalue weighted by Gasteiger charge is -2.25. The highest BCUT2D eigenvalue weighted by Gasteiger charge is 2.16. The number of unbranched alkanes of at least 4 members (excludes halogenated alkanes) is 10. The van der Waals surface area contributed by atoms with Crippen LogP contribution in [0.25, 0.3) is 0 Å². The Hall–Kier alpha value is -2.60. The van der Waals surface area contributed by atoms with E-state index in [1.807, 2.05) is 13.8 Å². The Morgan fingerprint density at radius 1 is 0.500 bits per heavy atom. The highest BCUT2D eigenvalue weighted by Crippen LogP contribution is 2.14. The summed E-state index contributed by atoms with van der Waals surface area (Å²) in [6, 6.07) is 0. The van der Waals surface area contributed by atoms with Crippen molar-refractivity contribution in [1.82, 2.24) is 20.4 Å². The quantitative estimate of drug-likeness (QED) is 0.0374. The summed E-state index contributed by atoms with van der Waals surface area (Å²) in [7, 11) is 0. The molecule has 0 bridgehead atoms. The zero-order chi connectivity index (χ0) is 38.7. The number of hydrogen-bond acceptors (Lipinski definition) is 10. The van der Waals surface area contributed by atoms with Crippen molar-refractivity contribution in [3.05, 3.63) is 0 Å². The van der Waals surface area contributed by atoms with Crippen LogP contribution in [0.1, 0.15) is 157 Å². The molecule has 12 nitrogen and oxygen atoms in total. The molecular formula is C40H78N4O8. The molecule has 52 heavy (non-hydrogen) atoms. The topological polar surface area (TPSA) is 136 Å². The van der Waals surface area contributed by atoms with E-state index in [4.69, 9.17) is 18.9 Å². The van der Waals surface area contributed by atoms with E-state index >= 15 is 0 Å². The first-order valence-electron chi connectivity index (χ1n) is 20.9. The normalized spacial score (nSPS) is 12.4. The van der Waals surface area contributed by atoms with Gasteiger partial charge in [0.1, 0.15) is 25.4 Å². The second-order valence-corrected chi connectivity index (χ2v) is 13.6. The zero-order valence-electron chi connectivity index (χ0n) is 34.1. The molecule has 0 aromatic heterocycles. The molecule has 0 saturated carbocycles. The Morgan fingerprint density at radius 3 is 1.27 bits per heavy atom. The first-order valence-corrected chi connectivity index (χ1v) is 20.9. The van der Waals surface area contributed by atoms with Crippen molar-refractivity contribution >= 4 is 24.1 Å². The van der Waals surface area contributed by atoms with E-state index in [1.165, 1.54) is 51.4 Å². The first-order chi connectivity index (χ1) is 25.2. The van der Waals surface area contributed by atoms with Crippen LogP contribution in [0.15, 0.2) is 0 Å². The molecule has 0 rings (SSSR count). The minimum absolute atomic E-state index is 0.0632. The van der Waals surface area contributed by atoms with Crippen LogP contribution in [0.5, 0.6) is 0 Å². The molecular weight excluding hydrogens is 664 g/mol. The van der Waals surface area contributed by atoms with Crippen molar-refractivity contribution in [2.24, 2.45) is 0 Å². The summed E-state index contributed by atoms with van der Waals surface area (Å²) in [5.41, 5.74) is 0. The molecule has 0 aliphatic heterocycles. The summed E-state index contributed by atoms with van der Waals surface area (Å²) in [6.07, 6.45) is 16.8. The number of hydrogen-bond donors (Lipinski definition) is 2. The Morgan fingerprint density at radius 2 is 0.885 bits per heavy atom. The van der Waals surface area contributed by atoms with E-state index < -0.39 is 12.2 Å². The smallest absolute Gasteiger partial charge is 0.407 e. The van der Waals surface area contributed by atoms with Gasteiger partial charge in [-0.1, -0.05) is 106 Å². The van der Waals surface area contributed by atoms with Gasteiger partial charge in [0.05, 0.1) is 25.9 Å². The summed E-state index contributed by atoms with van der Waals surface area (Å²) in [5, 5.41) is 5.36. The van der Waals surface area contributed by atoms with Gasteiger partial charge in [0.2, 0.25) is 0 Å². The Bertz CT molecular complexity index is 828. The number of carbonyl (C=O) groups excluding carboxylic acids is 4. The Kier molecular flexibility index (Phi) is 33.7. The number of amides is 2. The molecule has 0 fully saturated rings. The highest BCUT2D eigenvalue weighted by atomic mass is 16.6. The van der Waals surface area contributed by atoms with E-state index in [0.717, 1.165) is 71.0 Å². The van der Waals surface area contributed by atoms with Gasteiger partial charge < -0.3 is 39.4 Å². The lowest BCUT2D eigenvalue weighted by atomic mass is 10.1. The molecule has 0 aliphatic rings. The summed E-state index contributed by atoms with van der Waals surface area (Å²) >= 11 is 0. The molecule has 12 heteroatoms. The maximum Gasteiger partial charge on any atom is 0.407 e. The predicted molar refractivity (Wildman–Crippen MR) is 208 cm³/mol. The van der Waals surface area contributed by atoms with Gasteiger partial charge >= 0.3 is 24.1 Å². The van der Waals surface area contributed by atoms with Gasteiger partial charge in [0.25, 0.3) is 0 Å². The molecule has 2 N–H and O–H groups in total. The average molecular weight is 743 g/mol. The van der Waals surface area contributed by atoms with Gasteiger partial charge in [-0.25, -0.2) is 9.59 Å². The number of esters is 2. The van der Waals surface area contributed by atoms with Gasteiger partial charge in [-0.3, -0.25) is 9.59 Å². The molecule has 2 amide bonds. The van der Waals surface area contributed by atoms with Crippen LogP contribution in [-0.2, 0) is 28.5 Å². The fourth-order valence-electron chi connectivity index (χ4n) is 5.82. The second kappa shape index (κ2) is 35.4. The lowest BCUT2D eigenvalue weighted by molar-refractivity contribution is -0.144. The van der Waals surface area contributed by atoms with Gasteiger partial charge in [-0.05, 0) is 51.6 Å². The second-order valence-electron chi connectivity index (χ2n) is 13.6. The largest absolute Gasteiger partial charge is 0.464 e. The number of likely N-dealkylation sites (N-methyl/N-ethyl adjacent to an activating group) is 1. The van der Waals surface area contributed by atoms with Crippen molar-refractivity contribution in [3.63, 3.8) is 0 Å². The van der Waals surface area contributed by atoms with Crippen LogP contribution in [0, 0.1) is 0 Å². The number of nitrogens with zero attached hydrogens (tertiary/aromatic N) is 2. The third-order valence-electron chi connectivity index (χ3n) is 9.38. The van der Waals surface area contributed by atoms with E-state index in [0.29, 0.717) is 19.6 Å². The van der Waals surface area contributed by atoms with Gasteiger partial charge in [-0.15, -0.1) is 0 Å². The molecule has 2 atom stereocenters. The van der Waals surface area contributed by atoms with E-state index in [1.54, 1.807) is 0 Å². The van der Waals surface area contributed by atoms with Crippen molar-refractivity contribution in [3.8, 4) is 0 Å². The van der Waals surface area contributed by atoms with Gasteiger partial charge in [0.15, 0.2) is 0 Å². The van der Waals surface area contributed by atoms with Crippen LogP contribution in [-0.4, -0.2) is 112 Å². The monoisotopic (exact) mass is 743 g/mol. The van der Waals surface area contributed by atoms with E-state index in [9.17, 15) is 19.2 Å². The maximum absolute atomic E-state index is 12.5. The van der Waals surface area contributed by atoms with Crippen LogP contribution in [0.4, 0.5) is 9.59 Å². The SMILES string of the molecule is CCCCCCCCC(CC)OC(=O)NCCOC(=O)CCN(CCC(=O)OCCNC(=O)OC(CC)CCCCCCCC)CCN(CC)CC. The fourth-order valence-corrected chi connectivity index (χ4v) is 5.82. The third kappa shape index (κ3) is 29.9. The van der Waals surface area contributed by atoms with Gasteiger partial charge in [0, 0.05) is 26.2 Å². The molecule has 0 radical (unpaired) electrons. The molecule has 0 aromatic carbocycles. The van der Waals surface area contributed by atoms with E-state index in [2.05, 4.69) is 48.1 Å². The van der Waals surface area contributed by atoms with Crippen molar-refractivity contribution in [1.29, 1.82) is 0 Å². The maximum atomic E-state index is 12.5. The Balaban J connectivity index is 4.42. The molecule has 0 heterocycles. The first kappa shape index (κ1) is 49.4. The van der Waals surface area contributed by atoms with Crippen molar-refractivity contribution in [2.45, 2.75) is 169 Å². The molecule has 0 spiro atoms. The Labute approximate surface area is 317 Å². The molecule has 2 unspecified atom stereocenters. The van der Waals surface area contributed by atoms with Crippen LogP contribution in [0.3, 0.4) is 0 Å². The number of nitrogens with one attached hydrogen (secondary N) is 2. The average Bonchev–Trinajstić information content (AvgIpc) is 3.14. The van der Waals surface area contributed by atoms with Crippen LogP contribution < -0.4 is 10.6 Å². The number of rotatable bonds is 35. The summed E-state index contributed by atoms with van der Waals surface area (Å²) in [6.45, 7) is 17.3. The fraction of sp³-hybridized carbons (Fsp3) is 0.900. The van der Waals surface area contributed by atoms with Crippen molar-refractivity contribution in [2.75, 3.05) is 65.6 Å². The summed E-state index contributed by atoms with van der Waals surface area (Å²) in [4.78, 5) is 53.8. The predicted octanol–water partition coefficient (Wildman–Crippen LogP) is 8.01. The third-order valence-corrected chi connectivity index (χ3v) is 9.38. The molecule has 0 aromatic rings. The van der Waals surface area contributed by atoms with E-state index in [-0.39, 0.29) is 63.3 Å². The zero-order valence-corrected chi connectivity index (χ0v) is 34.1. The lowest BCUT2D eigenvalue weighted by Crippen LogP contribution is -2.38.